The lowest BCUT2D eigenvalue weighted by Gasteiger charge is -2.44. The number of rotatable bonds is 14. The maximum atomic E-state index is 13.2. The van der Waals surface area contributed by atoms with Gasteiger partial charge in [0.25, 0.3) is 5.79 Å². The number of benzene rings is 2. The van der Waals surface area contributed by atoms with Crippen LogP contribution in [0.3, 0.4) is 0 Å². The van der Waals surface area contributed by atoms with Gasteiger partial charge in [-0.05, 0) is 30.4 Å². The van der Waals surface area contributed by atoms with Crippen molar-refractivity contribution in [3.8, 4) is 0 Å². The van der Waals surface area contributed by atoms with E-state index < -0.39 is 61.3 Å². The van der Waals surface area contributed by atoms with Gasteiger partial charge in [0.05, 0.1) is 19.8 Å². The van der Waals surface area contributed by atoms with Crippen LogP contribution in [0.2, 0.25) is 0 Å². The standard InChI is InChI=1S/C33H44N2O11/c1-22(36)43-21-28(38)30-29(39)27(37)17-33(46-30,31(40)42-2)45-16-15-25-13-14-26(34-25)19-35(18-23-9-5-3-6-10-23)32(41)44-20-24-11-7-4-8-12-24/h3-12,25-30,34,37-39H,13-21H2,1-2H3/t25?,26?,27-,28-,29-,30?,33-/m1/s1. The van der Waals surface area contributed by atoms with Crippen LogP contribution in [0, 0.1) is 0 Å². The second kappa shape index (κ2) is 16.8. The zero-order chi connectivity index (χ0) is 33.1. The predicted octanol–water partition coefficient (Wildman–Crippen LogP) is 1.66. The van der Waals surface area contributed by atoms with Crippen LogP contribution in [-0.4, -0.2) is 107 Å². The number of hydrogen-bond acceptors (Lipinski definition) is 12. The molecule has 46 heavy (non-hydrogen) atoms. The molecule has 7 atom stereocenters. The monoisotopic (exact) mass is 644 g/mol. The molecule has 2 fully saturated rings. The predicted molar refractivity (Wildman–Crippen MR) is 163 cm³/mol. The van der Waals surface area contributed by atoms with Gasteiger partial charge >= 0.3 is 18.0 Å². The summed E-state index contributed by atoms with van der Waals surface area (Å²) < 4.78 is 27.0. The molecule has 0 aromatic heterocycles. The molecule has 3 unspecified atom stereocenters. The Morgan fingerprint density at radius 2 is 1.65 bits per heavy atom. The first-order valence-corrected chi connectivity index (χ1v) is 15.4. The lowest BCUT2D eigenvalue weighted by atomic mass is 9.92. The van der Waals surface area contributed by atoms with Crippen molar-refractivity contribution in [2.45, 2.75) is 88.0 Å². The number of carbonyl (C=O) groups is 3. The molecule has 252 valence electrons. The van der Waals surface area contributed by atoms with Crippen LogP contribution in [0.4, 0.5) is 4.79 Å². The molecule has 2 aliphatic rings. The van der Waals surface area contributed by atoms with E-state index in [1.54, 1.807) is 4.90 Å². The molecule has 2 heterocycles. The molecular weight excluding hydrogens is 600 g/mol. The highest BCUT2D eigenvalue weighted by Gasteiger charge is 2.55. The number of aliphatic hydroxyl groups is 3. The van der Waals surface area contributed by atoms with Crippen molar-refractivity contribution in [2.75, 3.05) is 26.9 Å². The van der Waals surface area contributed by atoms with Crippen LogP contribution in [0.15, 0.2) is 60.7 Å². The molecule has 2 saturated heterocycles. The fourth-order valence-corrected chi connectivity index (χ4v) is 5.72. The molecule has 2 aromatic rings. The quantitative estimate of drug-likeness (QED) is 0.173. The summed E-state index contributed by atoms with van der Waals surface area (Å²) in [7, 11) is 1.13. The molecule has 0 aliphatic carbocycles. The molecular formula is C33H44N2O11. The molecule has 13 nitrogen and oxygen atoms in total. The zero-order valence-electron chi connectivity index (χ0n) is 26.2. The van der Waals surface area contributed by atoms with Gasteiger partial charge in [-0.3, -0.25) is 4.79 Å². The normalized spacial score (nSPS) is 26.6. The zero-order valence-corrected chi connectivity index (χ0v) is 26.2. The van der Waals surface area contributed by atoms with Gasteiger partial charge in [0.15, 0.2) is 0 Å². The topological polar surface area (TPSA) is 173 Å². The van der Waals surface area contributed by atoms with Crippen LogP contribution in [0.25, 0.3) is 0 Å². The van der Waals surface area contributed by atoms with Crippen LogP contribution in [0.1, 0.15) is 43.7 Å². The van der Waals surface area contributed by atoms with Crippen molar-refractivity contribution < 1.29 is 53.4 Å². The number of aliphatic hydroxyl groups excluding tert-OH is 3. The summed E-state index contributed by atoms with van der Waals surface area (Å²) in [5.74, 6) is -3.69. The van der Waals surface area contributed by atoms with Gasteiger partial charge in [-0.1, -0.05) is 60.7 Å². The first-order valence-electron chi connectivity index (χ1n) is 15.4. The Morgan fingerprint density at radius 3 is 2.30 bits per heavy atom. The summed E-state index contributed by atoms with van der Waals surface area (Å²) in [6, 6.07) is 19.1. The summed E-state index contributed by atoms with van der Waals surface area (Å²) in [4.78, 5) is 38.9. The average Bonchev–Trinajstić information content (AvgIpc) is 3.51. The Balaban J connectivity index is 1.34. The van der Waals surface area contributed by atoms with Gasteiger partial charge in [-0.25, -0.2) is 9.59 Å². The van der Waals surface area contributed by atoms with Gasteiger partial charge in [-0.15, -0.1) is 0 Å². The Hall–Kier alpha value is -3.59. The summed E-state index contributed by atoms with van der Waals surface area (Å²) >= 11 is 0. The average molecular weight is 645 g/mol. The summed E-state index contributed by atoms with van der Waals surface area (Å²) in [5, 5.41) is 35.0. The minimum absolute atomic E-state index is 0.0110. The number of esters is 2. The Labute approximate surface area is 268 Å². The van der Waals surface area contributed by atoms with E-state index >= 15 is 0 Å². The summed E-state index contributed by atoms with van der Waals surface area (Å²) in [5.41, 5.74) is 1.87. The second-order valence-corrected chi connectivity index (χ2v) is 11.6. The Morgan fingerprint density at radius 1 is 1.00 bits per heavy atom. The van der Waals surface area contributed by atoms with Crippen LogP contribution >= 0.6 is 0 Å². The lowest BCUT2D eigenvalue weighted by Crippen LogP contribution is -2.63. The molecule has 4 rings (SSSR count). The molecule has 0 spiro atoms. The van der Waals surface area contributed by atoms with E-state index in [0.29, 0.717) is 19.5 Å². The maximum absolute atomic E-state index is 13.2. The third-order valence-electron chi connectivity index (χ3n) is 8.13. The highest BCUT2D eigenvalue weighted by Crippen LogP contribution is 2.34. The van der Waals surface area contributed by atoms with E-state index in [0.717, 1.165) is 38.0 Å². The molecule has 0 saturated carbocycles. The number of amides is 1. The smallest absolute Gasteiger partial charge is 0.410 e. The molecule has 13 heteroatoms. The van der Waals surface area contributed by atoms with Gasteiger partial charge < -0.3 is 49.2 Å². The van der Waals surface area contributed by atoms with Crippen LogP contribution in [-0.2, 0) is 46.4 Å². The van der Waals surface area contributed by atoms with E-state index in [4.69, 9.17) is 23.7 Å². The number of carbonyl (C=O) groups excluding carboxylic acids is 3. The van der Waals surface area contributed by atoms with Crippen molar-refractivity contribution in [3.63, 3.8) is 0 Å². The summed E-state index contributed by atoms with van der Waals surface area (Å²) in [6.45, 7) is 1.62. The molecule has 1 amide bonds. The minimum Gasteiger partial charge on any atom is -0.465 e. The van der Waals surface area contributed by atoms with Crippen molar-refractivity contribution in [3.05, 3.63) is 71.8 Å². The van der Waals surface area contributed by atoms with Gasteiger partial charge in [0.2, 0.25) is 0 Å². The fourth-order valence-electron chi connectivity index (χ4n) is 5.72. The van der Waals surface area contributed by atoms with E-state index in [1.807, 2.05) is 60.7 Å². The van der Waals surface area contributed by atoms with Crippen molar-refractivity contribution >= 4 is 18.0 Å². The third-order valence-corrected chi connectivity index (χ3v) is 8.13. The van der Waals surface area contributed by atoms with E-state index in [2.05, 4.69) is 5.32 Å². The second-order valence-electron chi connectivity index (χ2n) is 11.6. The van der Waals surface area contributed by atoms with Crippen LogP contribution in [0.5, 0.6) is 0 Å². The minimum atomic E-state index is -2.09. The van der Waals surface area contributed by atoms with Crippen molar-refractivity contribution in [1.29, 1.82) is 0 Å². The van der Waals surface area contributed by atoms with Crippen molar-refractivity contribution in [2.24, 2.45) is 0 Å². The van der Waals surface area contributed by atoms with Gasteiger partial charge in [0.1, 0.15) is 31.5 Å². The molecule has 0 radical (unpaired) electrons. The van der Waals surface area contributed by atoms with Crippen LogP contribution < -0.4 is 5.32 Å². The van der Waals surface area contributed by atoms with Gasteiger partial charge in [-0.2, -0.15) is 0 Å². The molecule has 4 N–H and O–H groups in total. The Bertz CT molecular complexity index is 1270. The molecule has 0 bridgehead atoms. The number of ether oxygens (including phenoxy) is 5. The Kier molecular flexibility index (Phi) is 12.9. The number of nitrogens with zero attached hydrogens (tertiary/aromatic N) is 1. The highest BCUT2D eigenvalue weighted by atomic mass is 16.7. The molecule has 2 aliphatic heterocycles. The maximum Gasteiger partial charge on any atom is 0.410 e. The number of nitrogens with one attached hydrogen (secondary N) is 1. The SMILES string of the molecule is COC(=O)[C@@]1(OCCC2CCC(CN(Cc3ccccc3)C(=O)OCc3ccccc3)N2)C[C@@H](O)[C@@H](O)C([C@H](O)COC(C)=O)O1. The largest absolute Gasteiger partial charge is 0.465 e. The number of hydrogen-bond donors (Lipinski definition) is 4. The number of methoxy groups -OCH3 is 1. The fraction of sp³-hybridized carbons (Fsp3) is 0.545. The van der Waals surface area contributed by atoms with Crippen molar-refractivity contribution in [1.82, 2.24) is 10.2 Å². The van der Waals surface area contributed by atoms with E-state index in [9.17, 15) is 29.7 Å². The lowest BCUT2D eigenvalue weighted by molar-refractivity contribution is -0.325. The summed E-state index contributed by atoms with van der Waals surface area (Å²) in [6.07, 6.45) is -4.92. The van der Waals surface area contributed by atoms with E-state index in [-0.39, 0.29) is 25.3 Å². The highest BCUT2D eigenvalue weighted by molar-refractivity contribution is 5.78. The molecule has 2 aromatic carbocycles. The first kappa shape index (κ1) is 35.3. The third kappa shape index (κ3) is 9.71. The van der Waals surface area contributed by atoms with E-state index in [1.165, 1.54) is 0 Å². The van der Waals surface area contributed by atoms with Gasteiger partial charge in [0, 0.05) is 38.5 Å². The first-order chi connectivity index (χ1) is 22.1.